The number of pyridine rings is 2. The van der Waals surface area contributed by atoms with Gasteiger partial charge in [0.25, 0.3) is 0 Å². The largest absolute Gasteiger partial charge is 0.493 e. The van der Waals surface area contributed by atoms with Crippen molar-refractivity contribution in [3.63, 3.8) is 0 Å². The molecule has 3 fully saturated rings. The van der Waals surface area contributed by atoms with Crippen molar-refractivity contribution in [2.75, 3.05) is 30.3 Å². The number of sulfone groups is 1. The molecule has 0 radical (unpaired) electrons. The summed E-state index contributed by atoms with van der Waals surface area (Å²) in [6.07, 6.45) is 1.14. The monoisotopic (exact) mass is 566 g/mol. The number of ether oxygens (including phenoxy) is 1. The van der Waals surface area contributed by atoms with Gasteiger partial charge in [0.15, 0.2) is 10.8 Å². The predicted molar refractivity (Wildman–Crippen MR) is 151 cm³/mol. The number of ketones is 1. The Morgan fingerprint density at radius 2 is 1.88 bits per heavy atom. The lowest BCUT2D eigenvalue weighted by Gasteiger charge is -2.53. The number of piperidine rings is 2. The van der Waals surface area contributed by atoms with E-state index in [0.29, 0.717) is 52.9 Å². The van der Waals surface area contributed by atoms with Gasteiger partial charge in [-0.3, -0.25) is 4.79 Å². The van der Waals surface area contributed by atoms with Crippen molar-refractivity contribution in [1.82, 2.24) is 9.97 Å². The standard InChI is InChI=1S/C30H35FN4O4S/c1-18(2)16-39-25-11-20(10-23(31)12-25)27-8-7-26(30(34-27)35-14-21-9-22(15-35)19(21)3)28(36)17-40(37,38)29-6-4-5-24(13-32)33-29/h4-8,10-12,18-19,21-22H,9,13-17,32H2,1-3H3. The van der Waals surface area contributed by atoms with Crippen LogP contribution in [-0.2, 0) is 16.4 Å². The number of carbonyl (C=O) groups is 1. The van der Waals surface area contributed by atoms with E-state index in [9.17, 15) is 17.6 Å². The van der Waals surface area contributed by atoms with Crippen molar-refractivity contribution in [2.24, 2.45) is 29.4 Å². The Hall–Kier alpha value is -3.37. The summed E-state index contributed by atoms with van der Waals surface area (Å²) in [5, 5.41) is -0.184. The number of nitrogens with zero attached hydrogens (tertiary/aromatic N) is 3. The second-order valence-corrected chi connectivity index (χ2v) is 13.3. The third-order valence-corrected chi connectivity index (χ3v) is 9.36. The first-order chi connectivity index (χ1) is 19.0. The minimum atomic E-state index is -4.01. The number of nitrogens with two attached hydrogens (primary N) is 1. The zero-order valence-corrected chi connectivity index (χ0v) is 23.8. The molecule has 2 aromatic heterocycles. The molecule has 0 spiro atoms. The number of hydrogen-bond donors (Lipinski definition) is 1. The van der Waals surface area contributed by atoms with Gasteiger partial charge in [-0.2, -0.15) is 0 Å². The number of benzene rings is 1. The van der Waals surface area contributed by atoms with Gasteiger partial charge in [-0.1, -0.05) is 26.8 Å². The molecular formula is C30H35FN4O4S. The fourth-order valence-electron chi connectivity index (χ4n) is 5.50. The van der Waals surface area contributed by atoms with Crippen LogP contribution in [0.3, 0.4) is 0 Å². The van der Waals surface area contributed by atoms with Crippen molar-refractivity contribution in [3.05, 3.63) is 65.6 Å². The maximum Gasteiger partial charge on any atom is 0.203 e. The van der Waals surface area contributed by atoms with E-state index in [1.807, 2.05) is 13.8 Å². The number of hydrogen-bond acceptors (Lipinski definition) is 8. The molecule has 4 heterocycles. The number of aromatic nitrogens is 2. The van der Waals surface area contributed by atoms with E-state index in [-0.39, 0.29) is 23.1 Å². The lowest BCUT2D eigenvalue weighted by atomic mass is 9.62. The lowest BCUT2D eigenvalue weighted by Crippen LogP contribution is -2.54. The average molecular weight is 567 g/mol. The molecule has 8 nitrogen and oxygen atoms in total. The van der Waals surface area contributed by atoms with Crippen molar-refractivity contribution >= 4 is 21.4 Å². The van der Waals surface area contributed by atoms with Gasteiger partial charge in [-0.15, -0.1) is 0 Å². The summed E-state index contributed by atoms with van der Waals surface area (Å²) < 4.78 is 46.6. The quantitative estimate of drug-likeness (QED) is 0.356. The van der Waals surface area contributed by atoms with Gasteiger partial charge in [-0.25, -0.2) is 22.8 Å². The van der Waals surface area contributed by atoms with Gasteiger partial charge in [0.1, 0.15) is 23.1 Å². The Labute approximate surface area is 234 Å². The number of rotatable bonds is 10. The summed E-state index contributed by atoms with van der Waals surface area (Å²) in [5.41, 5.74) is 7.27. The van der Waals surface area contributed by atoms with Crippen LogP contribution in [0.2, 0.25) is 0 Å². The molecule has 212 valence electrons. The van der Waals surface area contributed by atoms with Crippen LogP contribution in [0, 0.1) is 29.5 Å². The smallest absolute Gasteiger partial charge is 0.203 e. The first kappa shape index (κ1) is 28.2. The van der Waals surface area contributed by atoms with Crippen LogP contribution in [0.1, 0.15) is 43.2 Å². The number of carbonyl (C=O) groups excluding carboxylic acids is 1. The second-order valence-electron chi connectivity index (χ2n) is 11.3. The fourth-order valence-corrected chi connectivity index (χ4v) is 6.69. The predicted octanol–water partition coefficient (Wildman–Crippen LogP) is 4.53. The van der Waals surface area contributed by atoms with E-state index in [1.165, 1.54) is 18.2 Å². The molecule has 2 aliphatic heterocycles. The molecule has 0 amide bonds. The molecule has 1 aromatic carbocycles. The van der Waals surface area contributed by atoms with Gasteiger partial charge in [0, 0.05) is 31.3 Å². The minimum absolute atomic E-state index is 0.0901. The topological polar surface area (TPSA) is 115 Å². The molecule has 1 aliphatic carbocycles. The van der Waals surface area contributed by atoms with Gasteiger partial charge in [0.2, 0.25) is 9.84 Å². The number of halogens is 1. The average Bonchev–Trinajstić information content (AvgIpc) is 2.95. The van der Waals surface area contributed by atoms with E-state index in [2.05, 4.69) is 16.8 Å². The molecular weight excluding hydrogens is 531 g/mol. The molecule has 2 N–H and O–H groups in total. The molecule has 10 heteroatoms. The molecule has 2 saturated heterocycles. The first-order valence-electron chi connectivity index (χ1n) is 13.7. The molecule has 40 heavy (non-hydrogen) atoms. The van der Waals surface area contributed by atoms with Gasteiger partial charge >= 0.3 is 0 Å². The SMILES string of the molecule is CC(C)COc1cc(F)cc(-c2ccc(C(=O)CS(=O)(=O)c3cccc(CN)n3)c(N3CC4CC(C3)C4C)n2)c1. The normalized spacial score (nSPS) is 20.4. The molecule has 2 bridgehead atoms. The Bertz CT molecular complexity index is 1520. The van der Waals surface area contributed by atoms with E-state index in [1.54, 1.807) is 30.3 Å². The Morgan fingerprint density at radius 3 is 2.55 bits per heavy atom. The first-order valence-corrected chi connectivity index (χ1v) is 15.3. The molecule has 1 saturated carbocycles. The van der Waals surface area contributed by atoms with Gasteiger partial charge in [0.05, 0.1) is 23.6 Å². The van der Waals surface area contributed by atoms with Crippen molar-refractivity contribution in [1.29, 1.82) is 0 Å². The molecule has 2 unspecified atom stereocenters. The highest BCUT2D eigenvalue weighted by atomic mass is 32.2. The van der Waals surface area contributed by atoms with E-state index in [0.717, 1.165) is 19.5 Å². The Balaban J connectivity index is 1.49. The van der Waals surface area contributed by atoms with Crippen LogP contribution in [0.15, 0.2) is 53.6 Å². The van der Waals surface area contributed by atoms with E-state index >= 15 is 0 Å². The summed E-state index contributed by atoms with van der Waals surface area (Å²) in [6, 6.07) is 12.2. The second kappa shape index (κ2) is 11.2. The minimum Gasteiger partial charge on any atom is -0.493 e. The number of anilines is 1. The van der Waals surface area contributed by atoms with Crippen LogP contribution < -0.4 is 15.4 Å². The summed E-state index contributed by atoms with van der Waals surface area (Å²) >= 11 is 0. The fraction of sp³-hybridized carbons (Fsp3) is 0.433. The molecule has 3 aromatic rings. The summed E-state index contributed by atoms with van der Waals surface area (Å²) in [4.78, 5) is 24.5. The van der Waals surface area contributed by atoms with Gasteiger partial charge in [-0.05, 0) is 66.5 Å². The van der Waals surface area contributed by atoms with Crippen molar-refractivity contribution in [2.45, 2.75) is 38.8 Å². The highest BCUT2D eigenvalue weighted by molar-refractivity contribution is 7.92. The number of fused-ring (bicyclic) bond motifs is 2. The maximum absolute atomic E-state index is 14.5. The van der Waals surface area contributed by atoms with Crippen molar-refractivity contribution < 1.29 is 22.3 Å². The molecule has 3 aliphatic rings. The summed E-state index contributed by atoms with van der Waals surface area (Å²) in [6.45, 7) is 8.26. The van der Waals surface area contributed by atoms with E-state index < -0.39 is 27.2 Å². The van der Waals surface area contributed by atoms with Crippen LogP contribution in [-0.4, -0.2) is 49.6 Å². The van der Waals surface area contributed by atoms with Crippen LogP contribution in [0.5, 0.6) is 5.75 Å². The Morgan fingerprint density at radius 1 is 1.12 bits per heavy atom. The lowest BCUT2D eigenvalue weighted by molar-refractivity contribution is 0.0633. The number of Topliss-reactive ketones (excluding diaryl/α,β-unsaturated/α-hetero) is 1. The Kier molecular flexibility index (Phi) is 7.92. The zero-order chi connectivity index (χ0) is 28.6. The summed E-state index contributed by atoms with van der Waals surface area (Å²) in [7, 11) is -4.01. The van der Waals surface area contributed by atoms with Crippen LogP contribution >= 0.6 is 0 Å². The third kappa shape index (κ3) is 5.88. The van der Waals surface area contributed by atoms with Crippen molar-refractivity contribution in [3.8, 4) is 17.0 Å². The zero-order valence-electron chi connectivity index (χ0n) is 23.0. The molecule has 2 atom stereocenters. The van der Waals surface area contributed by atoms with Crippen LogP contribution in [0.4, 0.5) is 10.2 Å². The highest BCUT2D eigenvalue weighted by Crippen LogP contribution is 2.46. The van der Waals surface area contributed by atoms with Crippen LogP contribution in [0.25, 0.3) is 11.3 Å². The maximum atomic E-state index is 14.5. The summed E-state index contributed by atoms with van der Waals surface area (Å²) in [5.74, 6) is 0.922. The third-order valence-electron chi connectivity index (χ3n) is 7.86. The molecule has 6 rings (SSSR count). The highest BCUT2D eigenvalue weighted by Gasteiger charge is 2.44. The van der Waals surface area contributed by atoms with Gasteiger partial charge < -0.3 is 15.4 Å². The van der Waals surface area contributed by atoms with E-state index in [4.69, 9.17) is 15.5 Å².